The van der Waals surface area contributed by atoms with Crippen LogP contribution in [0, 0.1) is 0 Å². The first-order chi connectivity index (χ1) is 8.70. The topological polar surface area (TPSA) is 84.4 Å². The van der Waals surface area contributed by atoms with Gasteiger partial charge in [-0.3, -0.25) is 0 Å². The second kappa shape index (κ2) is 5.75. The molecule has 0 bridgehead atoms. The van der Waals surface area contributed by atoms with Gasteiger partial charge in [-0.25, -0.2) is 4.79 Å². The van der Waals surface area contributed by atoms with Gasteiger partial charge in [0.05, 0.1) is 5.69 Å². The van der Waals surface area contributed by atoms with Crippen LogP contribution in [0.25, 0.3) is 0 Å². The lowest BCUT2D eigenvalue weighted by Crippen LogP contribution is -2.44. The van der Waals surface area contributed by atoms with Crippen LogP contribution in [0.5, 0.6) is 0 Å². The molecule has 1 saturated heterocycles. The number of nitrogens with one attached hydrogen (secondary N) is 1. The van der Waals surface area contributed by atoms with Crippen molar-refractivity contribution in [2.75, 3.05) is 25.4 Å². The molecule has 0 aliphatic carbocycles. The van der Waals surface area contributed by atoms with Gasteiger partial charge < -0.3 is 20.5 Å². The second-order valence-electron chi connectivity index (χ2n) is 4.65. The number of rotatable bonds is 3. The molecular weight excluding hydrogens is 232 g/mol. The van der Waals surface area contributed by atoms with E-state index in [1.807, 2.05) is 11.8 Å². The first-order valence-corrected chi connectivity index (χ1v) is 6.45. The van der Waals surface area contributed by atoms with Crippen molar-refractivity contribution in [3.8, 4) is 0 Å². The maximum atomic E-state index is 11.8. The number of piperidine rings is 1. The number of aromatic nitrogens is 1. The standard InChI is InChI=1S/C12H20N4O2/c1-2-5-14-12(17)16-6-3-9(4-7-16)10-8-11(13)18-15-10/h8-9H,2-7,13H2,1H3,(H,14,17). The smallest absolute Gasteiger partial charge is 0.317 e. The SMILES string of the molecule is CCCNC(=O)N1CCC(c2cc(N)on2)CC1. The molecule has 2 rings (SSSR count). The Morgan fingerprint density at radius 1 is 1.61 bits per heavy atom. The van der Waals surface area contributed by atoms with E-state index in [2.05, 4.69) is 10.5 Å². The van der Waals surface area contributed by atoms with Gasteiger partial charge >= 0.3 is 6.03 Å². The molecule has 100 valence electrons. The Morgan fingerprint density at radius 2 is 2.33 bits per heavy atom. The fourth-order valence-electron chi connectivity index (χ4n) is 2.22. The number of carbonyl (C=O) groups excluding carboxylic acids is 1. The molecule has 0 atom stereocenters. The summed E-state index contributed by atoms with van der Waals surface area (Å²) in [7, 11) is 0. The number of likely N-dealkylation sites (tertiary alicyclic amines) is 1. The maximum Gasteiger partial charge on any atom is 0.317 e. The van der Waals surface area contributed by atoms with Crippen molar-refractivity contribution < 1.29 is 9.32 Å². The molecule has 18 heavy (non-hydrogen) atoms. The van der Waals surface area contributed by atoms with Crippen molar-refractivity contribution >= 4 is 11.9 Å². The third-order valence-electron chi connectivity index (χ3n) is 3.27. The molecule has 1 aromatic rings. The number of urea groups is 1. The zero-order valence-corrected chi connectivity index (χ0v) is 10.7. The minimum atomic E-state index is 0.0370. The van der Waals surface area contributed by atoms with Crippen LogP contribution in [0.4, 0.5) is 10.7 Å². The van der Waals surface area contributed by atoms with Crippen LogP contribution in [0.2, 0.25) is 0 Å². The van der Waals surface area contributed by atoms with E-state index in [4.69, 9.17) is 10.3 Å². The van der Waals surface area contributed by atoms with E-state index in [1.165, 1.54) is 0 Å². The number of hydrogen-bond donors (Lipinski definition) is 2. The Labute approximate surface area is 106 Å². The molecule has 1 aliphatic heterocycles. The summed E-state index contributed by atoms with van der Waals surface area (Å²) in [4.78, 5) is 13.6. The summed E-state index contributed by atoms with van der Waals surface area (Å²) in [5.74, 6) is 0.703. The van der Waals surface area contributed by atoms with E-state index in [-0.39, 0.29) is 6.03 Å². The fourth-order valence-corrected chi connectivity index (χ4v) is 2.22. The van der Waals surface area contributed by atoms with Gasteiger partial charge in [0.25, 0.3) is 0 Å². The van der Waals surface area contributed by atoms with Crippen LogP contribution in [-0.4, -0.2) is 35.7 Å². The summed E-state index contributed by atoms with van der Waals surface area (Å²) in [5, 5.41) is 6.83. The van der Waals surface area contributed by atoms with Crippen molar-refractivity contribution in [2.45, 2.75) is 32.1 Å². The Morgan fingerprint density at radius 3 is 2.89 bits per heavy atom. The van der Waals surface area contributed by atoms with Gasteiger partial charge in [0.1, 0.15) is 0 Å². The van der Waals surface area contributed by atoms with E-state index in [0.717, 1.165) is 44.6 Å². The van der Waals surface area contributed by atoms with Crippen molar-refractivity contribution in [1.29, 1.82) is 0 Å². The Hall–Kier alpha value is -1.72. The van der Waals surface area contributed by atoms with Crippen LogP contribution in [0.1, 0.15) is 37.8 Å². The van der Waals surface area contributed by atoms with E-state index in [0.29, 0.717) is 11.8 Å². The number of hydrogen-bond acceptors (Lipinski definition) is 4. The van der Waals surface area contributed by atoms with Crippen LogP contribution >= 0.6 is 0 Å². The average Bonchev–Trinajstić information content (AvgIpc) is 2.83. The Balaban J connectivity index is 1.82. The summed E-state index contributed by atoms with van der Waals surface area (Å²) in [6.45, 7) is 4.29. The third kappa shape index (κ3) is 2.94. The molecule has 1 aliphatic rings. The van der Waals surface area contributed by atoms with Gasteiger partial charge in [-0.1, -0.05) is 12.1 Å². The molecule has 0 spiro atoms. The van der Waals surface area contributed by atoms with Crippen LogP contribution in [0.3, 0.4) is 0 Å². The van der Waals surface area contributed by atoms with Crippen molar-refractivity contribution in [3.63, 3.8) is 0 Å². The number of anilines is 1. The predicted molar refractivity (Wildman–Crippen MR) is 68.2 cm³/mol. The highest BCUT2D eigenvalue weighted by molar-refractivity contribution is 5.74. The van der Waals surface area contributed by atoms with Crippen molar-refractivity contribution in [2.24, 2.45) is 0 Å². The molecule has 6 nitrogen and oxygen atoms in total. The molecule has 6 heteroatoms. The van der Waals surface area contributed by atoms with E-state index in [1.54, 1.807) is 6.07 Å². The Bertz CT molecular complexity index is 397. The van der Waals surface area contributed by atoms with Crippen molar-refractivity contribution in [1.82, 2.24) is 15.4 Å². The lowest BCUT2D eigenvalue weighted by molar-refractivity contribution is 0.180. The fraction of sp³-hybridized carbons (Fsp3) is 0.667. The summed E-state index contributed by atoms with van der Waals surface area (Å²) in [5.41, 5.74) is 6.42. The van der Waals surface area contributed by atoms with Crippen LogP contribution in [-0.2, 0) is 0 Å². The van der Waals surface area contributed by atoms with Gasteiger partial charge in [-0.05, 0) is 19.3 Å². The highest BCUT2D eigenvalue weighted by atomic mass is 16.5. The zero-order valence-electron chi connectivity index (χ0n) is 10.7. The zero-order chi connectivity index (χ0) is 13.0. The molecule has 2 amide bonds. The quantitative estimate of drug-likeness (QED) is 0.855. The molecule has 2 heterocycles. The largest absolute Gasteiger partial charge is 0.368 e. The first-order valence-electron chi connectivity index (χ1n) is 6.45. The number of nitrogen functional groups attached to an aromatic ring is 1. The highest BCUT2D eigenvalue weighted by Crippen LogP contribution is 2.28. The van der Waals surface area contributed by atoms with E-state index in [9.17, 15) is 4.79 Å². The van der Waals surface area contributed by atoms with Crippen molar-refractivity contribution in [3.05, 3.63) is 11.8 Å². The van der Waals surface area contributed by atoms with E-state index < -0.39 is 0 Å². The van der Waals surface area contributed by atoms with Crippen LogP contribution in [0.15, 0.2) is 10.6 Å². The summed E-state index contributed by atoms with van der Waals surface area (Å²) >= 11 is 0. The predicted octanol–water partition coefficient (Wildman–Crippen LogP) is 1.56. The molecule has 0 aromatic carbocycles. The first kappa shape index (κ1) is 12.7. The number of carbonyl (C=O) groups is 1. The lowest BCUT2D eigenvalue weighted by atomic mass is 9.94. The minimum absolute atomic E-state index is 0.0370. The normalized spacial score (nSPS) is 16.8. The third-order valence-corrected chi connectivity index (χ3v) is 3.27. The van der Waals surface area contributed by atoms with Gasteiger partial charge in [0, 0.05) is 31.6 Å². The highest BCUT2D eigenvalue weighted by Gasteiger charge is 2.25. The van der Waals surface area contributed by atoms with Gasteiger partial charge in [-0.15, -0.1) is 0 Å². The second-order valence-corrected chi connectivity index (χ2v) is 4.65. The molecule has 0 unspecified atom stereocenters. The molecular formula is C12H20N4O2. The number of nitrogens with zero attached hydrogens (tertiary/aromatic N) is 2. The van der Waals surface area contributed by atoms with Gasteiger partial charge in [0.2, 0.25) is 5.88 Å². The monoisotopic (exact) mass is 252 g/mol. The summed E-state index contributed by atoms with van der Waals surface area (Å²) < 4.78 is 4.88. The molecule has 0 radical (unpaired) electrons. The number of amides is 2. The van der Waals surface area contributed by atoms with Gasteiger partial charge in [0.15, 0.2) is 0 Å². The van der Waals surface area contributed by atoms with E-state index >= 15 is 0 Å². The number of nitrogens with two attached hydrogens (primary N) is 1. The van der Waals surface area contributed by atoms with Crippen LogP contribution < -0.4 is 11.1 Å². The Kier molecular flexibility index (Phi) is 4.07. The molecule has 1 aromatic heterocycles. The maximum absolute atomic E-state index is 11.8. The average molecular weight is 252 g/mol. The minimum Gasteiger partial charge on any atom is -0.368 e. The molecule has 3 N–H and O–H groups in total. The summed E-state index contributed by atoms with van der Waals surface area (Å²) in [6, 6.07) is 1.81. The lowest BCUT2D eigenvalue weighted by Gasteiger charge is -2.31. The van der Waals surface area contributed by atoms with Gasteiger partial charge in [-0.2, -0.15) is 0 Å². The molecule has 1 fully saturated rings. The summed E-state index contributed by atoms with van der Waals surface area (Å²) in [6.07, 6.45) is 2.78. The molecule has 0 saturated carbocycles.